The minimum Gasteiger partial charge on any atom is -0.493 e. The lowest BCUT2D eigenvalue weighted by Crippen LogP contribution is -2.19. The van der Waals surface area contributed by atoms with E-state index in [9.17, 15) is 4.79 Å². The molecule has 2 aromatic rings. The summed E-state index contributed by atoms with van der Waals surface area (Å²) in [6.07, 6.45) is 2.65. The predicted octanol–water partition coefficient (Wildman–Crippen LogP) is 1.91. The molecule has 0 spiro atoms. The van der Waals surface area contributed by atoms with Crippen LogP contribution in [0.5, 0.6) is 5.75 Å². The number of aromatic nitrogens is 2. The molecule has 0 bridgehead atoms. The molecule has 7 nitrogen and oxygen atoms in total. The molecule has 0 saturated heterocycles. The minimum atomic E-state index is -0.597. The fraction of sp³-hybridized carbons (Fsp3) is 0.375. The first-order chi connectivity index (χ1) is 11.0. The lowest BCUT2D eigenvalue weighted by Gasteiger charge is -2.15. The third-order valence-corrected chi connectivity index (χ3v) is 3.35. The highest BCUT2D eigenvalue weighted by atomic mass is 16.5. The molecule has 124 valence electrons. The lowest BCUT2D eigenvalue weighted by molar-refractivity contribution is 0.259. The van der Waals surface area contributed by atoms with E-state index in [2.05, 4.69) is 15.3 Å². The average molecular weight is 317 g/mol. The summed E-state index contributed by atoms with van der Waals surface area (Å²) in [5, 5.41) is 6.77. The Morgan fingerprint density at radius 2 is 2.17 bits per heavy atom. The van der Waals surface area contributed by atoms with E-state index >= 15 is 0 Å². The first-order valence-corrected chi connectivity index (χ1v) is 7.44. The number of primary amides is 1. The molecule has 23 heavy (non-hydrogen) atoms. The number of aryl methyl sites for hydroxylation is 1. The molecule has 2 amide bonds. The van der Waals surface area contributed by atoms with E-state index in [1.165, 1.54) is 0 Å². The summed E-state index contributed by atoms with van der Waals surface area (Å²) in [7, 11) is 5.93. The molecule has 3 N–H and O–H groups in total. The van der Waals surface area contributed by atoms with E-state index in [4.69, 9.17) is 10.5 Å². The minimum absolute atomic E-state index is 0.597. The summed E-state index contributed by atoms with van der Waals surface area (Å²) in [6.45, 7) is 1.58. The number of urea groups is 1. The van der Waals surface area contributed by atoms with Crippen molar-refractivity contribution in [2.45, 2.75) is 6.42 Å². The van der Waals surface area contributed by atoms with Crippen molar-refractivity contribution in [1.29, 1.82) is 0 Å². The number of nitrogens with one attached hydrogen (secondary N) is 1. The van der Waals surface area contributed by atoms with Gasteiger partial charge in [-0.05, 0) is 44.8 Å². The Morgan fingerprint density at radius 1 is 1.39 bits per heavy atom. The molecule has 2 rings (SSSR count). The standard InChI is InChI=1S/C16H23N5O2/c1-20(2)9-4-10-23-15-6-5-12(19-16(17)22)11-13(15)14-7-8-18-21(14)3/h5-8,11H,4,9-10H2,1-3H3,(H3,17,19,22). The fourth-order valence-electron chi connectivity index (χ4n) is 2.28. The number of carbonyl (C=O) groups excluding carboxylic acids is 1. The lowest BCUT2D eigenvalue weighted by atomic mass is 10.1. The summed E-state index contributed by atoms with van der Waals surface area (Å²) < 4.78 is 7.67. The highest BCUT2D eigenvalue weighted by molar-refractivity contribution is 5.89. The van der Waals surface area contributed by atoms with Crippen LogP contribution in [-0.4, -0.2) is 48.0 Å². The topological polar surface area (TPSA) is 85.4 Å². The van der Waals surface area contributed by atoms with Gasteiger partial charge in [0, 0.05) is 31.0 Å². The number of ether oxygens (including phenoxy) is 1. The van der Waals surface area contributed by atoms with Gasteiger partial charge >= 0.3 is 6.03 Å². The Kier molecular flexibility index (Phi) is 5.59. The summed E-state index contributed by atoms with van der Waals surface area (Å²) in [4.78, 5) is 13.2. The van der Waals surface area contributed by atoms with E-state index in [1.54, 1.807) is 16.9 Å². The molecule has 1 aromatic heterocycles. The quantitative estimate of drug-likeness (QED) is 0.764. The Balaban J connectivity index is 2.22. The average Bonchev–Trinajstić information content (AvgIpc) is 2.90. The van der Waals surface area contributed by atoms with E-state index < -0.39 is 6.03 Å². The van der Waals surface area contributed by atoms with Crippen LogP contribution in [0.3, 0.4) is 0 Å². The molecule has 0 aliphatic rings. The summed E-state index contributed by atoms with van der Waals surface area (Å²) in [5.74, 6) is 0.752. The molecule has 1 heterocycles. The van der Waals surface area contributed by atoms with Crippen LogP contribution in [0.25, 0.3) is 11.3 Å². The SMILES string of the molecule is CN(C)CCCOc1ccc(NC(N)=O)cc1-c1ccnn1C. The van der Waals surface area contributed by atoms with Crippen molar-refractivity contribution in [3.63, 3.8) is 0 Å². The molecule has 0 aliphatic heterocycles. The van der Waals surface area contributed by atoms with Crippen LogP contribution in [0.4, 0.5) is 10.5 Å². The molecule has 0 aliphatic carbocycles. The number of hydrogen-bond donors (Lipinski definition) is 2. The van der Waals surface area contributed by atoms with Crippen molar-refractivity contribution in [1.82, 2.24) is 14.7 Å². The number of rotatable bonds is 7. The summed E-state index contributed by atoms with van der Waals surface area (Å²) in [5.41, 5.74) is 7.57. The van der Waals surface area contributed by atoms with Crippen LogP contribution in [0, 0.1) is 0 Å². The maximum Gasteiger partial charge on any atom is 0.316 e. The molecule has 0 atom stereocenters. The van der Waals surface area contributed by atoms with E-state index in [0.717, 1.165) is 30.0 Å². The van der Waals surface area contributed by atoms with E-state index in [1.807, 2.05) is 39.3 Å². The molecule has 7 heteroatoms. The Labute approximate surface area is 136 Å². The van der Waals surface area contributed by atoms with Crippen LogP contribution in [0.2, 0.25) is 0 Å². The van der Waals surface area contributed by atoms with E-state index in [0.29, 0.717) is 12.3 Å². The molecule has 0 fully saturated rings. The highest BCUT2D eigenvalue weighted by Gasteiger charge is 2.12. The third kappa shape index (κ3) is 4.72. The number of benzene rings is 1. The summed E-state index contributed by atoms with van der Waals surface area (Å²) >= 11 is 0. The van der Waals surface area contributed by atoms with Gasteiger partial charge in [0.1, 0.15) is 5.75 Å². The second kappa shape index (κ2) is 7.64. The Morgan fingerprint density at radius 3 is 2.78 bits per heavy atom. The van der Waals surface area contributed by atoms with Gasteiger partial charge in [-0.25, -0.2) is 4.79 Å². The van der Waals surface area contributed by atoms with Crippen LogP contribution in [0.1, 0.15) is 6.42 Å². The van der Waals surface area contributed by atoms with Crippen molar-refractivity contribution >= 4 is 11.7 Å². The second-order valence-electron chi connectivity index (χ2n) is 5.55. The smallest absolute Gasteiger partial charge is 0.316 e. The zero-order chi connectivity index (χ0) is 16.8. The zero-order valence-corrected chi connectivity index (χ0v) is 13.7. The summed E-state index contributed by atoms with van der Waals surface area (Å²) in [6, 6.07) is 6.74. The van der Waals surface area contributed by atoms with Gasteiger partial charge in [0.15, 0.2) is 0 Å². The molecule has 1 aromatic carbocycles. The molecular formula is C16H23N5O2. The van der Waals surface area contributed by atoms with Gasteiger partial charge in [-0.15, -0.1) is 0 Å². The van der Waals surface area contributed by atoms with Crippen molar-refractivity contribution in [3.05, 3.63) is 30.5 Å². The van der Waals surface area contributed by atoms with Gasteiger partial charge in [0.2, 0.25) is 0 Å². The highest BCUT2D eigenvalue weighted by Crippen LogP contribution is 2.32. The third-order valence-electron chi connectivity index (χ3n) is 3.35. The first-order valence-electron chi connectivity index (χ1n) is 7.44. The van der Waals surface area contributed by atoms with Gasteiger partial charge in [0.05, 0.1) is 12.3 Å². The van der Waals surface area contributed by atoms with Gasteiger partial charge < -0.3 is 20.7 Å². The number of nitrogens with two attached hydrogens (primary N) is 1. The zero-order valence-electron chi connectivity index (χ0n) is 13.7. The molecule has 0 saturated carbocycles. The van der Waals surface area contributed by atoms with Gasteiger partial charge in [-0.2, -0.15) is 5.10 Å². The molecular weight excluding hydrogens is 294 g/mol. The monoisotopic (exact) mass is 317 g/mol. The van der Waals surface area contributed by atoms with Crippen molar-refractivity contribution in [2.24, 2.45) is 12.8 Å². The number of hydrogen-bond acceptors (Lipinski definition) is 4. The van der Waals surface area contributed by atoms with E-state index in [-0.39, 0.29) is 0 Å². The number of nitrogens with zero attached hydrogens (tertiary/aromatic N) is 3. The second-order valence-corrected chi connectivity index (χ2v) is 5.55. The normalized spacial score (nSPS) is 10.8. The first kappa shape index (κ1) is 16.8. The van der Waals surface area contributed by atoms with Crippen LogP contribution < -0.4 is 15.8 Å². The van der Waals surface area contributed by atoms with Crippen LogP contribution in [-0.2, 0) is 7.05 Å². The molecule has 0 unspecified atom stereocenters. The Hall–Kier alpha value is -2.54. The van der Waals surface area contributed by atoms with Crippen molar-refractivity contribution in [3.8, 4) is 17.0 Å². The van der Waals surface area contributed by atoms with Gasteiger partial charge in [-0.1, -0.05) is 0 Å². The van der Waals surface area contributed by atoms with Gasteiger partial charge in [-0.3, -0.25) is 4.68 Å². The Bertz CT molecular complexity index is 666. The van der Waals surface area contributed by atoms with Crippen LogP contribution >= 0.6 is 0 Å². The predicted molar refractivity (Wildman–Crippen MR) is 90.5 cm³/mol. The van der Waals surface area contributed by atoms with Gasteiger partial charge in [0.25, 0.3) is 0 Å². The molecule has 0 radical (unpaired) electrons. The van der Waals surface area contributed by atoms with Crippen molar-refractivity contribution in [2.75, 3.05) is 32.6 Å². The largest absolute Gasteiger partial charge is 0.493 e. The maximum atomic E-state index is 11.1. The number of amides is 2. The van der Waals surface area contributed by atoms with Crippen molar-refractivity contribution < 1.29 is 9.53 Å². The number of anilines is 1. The van der Waals surface area contributed by atoms with Crippen LogP contribution in [0.15, 0.2) is 30.5 Å². The maximum absolute atomic E-state index is 11.1. The number of carbonyl (C=O) groups is 1. The fourth-order valence-corrected chi connectivity index (χ4v) is 2.28.